The highest BCUT2D eigenvalue weighted by molar-refractivity contribution is 7.99. The Kier molecular flexibility index (Phi) is 5.32. The van der Waals surface area contributed by atoms with Gasteiger partial charge in [0.1, 0.15) is 0 Å². The van der Waals surface area contributed by atoms with Gasteiger partial charge in [-0.15, -0.1) is 0 Å². The van der Waals surface area contributed by atoms with Gasteiger partial charge in [0.05, 0.1) is 5.41 Å². The molecule has 0 aromatic rings. The van der Waals surface area contributed by atoms with Crippen LogP contribution in [0, 0.1) is 5.41 Å². The fraction of sp³-hybridized carbons (Fsp3) is 0.857. The van der Waals surface area contributed by atoms with Crippen molar-refractivity contribution >= 4 is 23.6 Å². The molecule has 2 aliphatic heterocycles. The van der Waals surface area contributed by atoms with Crippen LogP contribution >= 0.6 is 11.8 Å². The van der Waals surface area contributed by atoms with Gasteiger partial charge >= 0.3 is 5.97 Å². The van der Waals surface area contributed by atoms with Crippen molar-refractivity contribution in [1.29, 1.82) is 0 Å². The molecule has 2 heterocycles. The smallest absolute Gasteiger partial charge is 0.311 e. The van der Waals surface area contributed by atoms with Crippen LogP contribution in [0.1, 0.15) is 32.6 Å². The first-order valence-corrected chi connectivity index (χ1v) is 8.55. The standard InChI is InChI=1S/C14H24N2O3S/c1-2-14(13(18)19)4-3-6-16(10-14)12(17)8-11-9-20-7-5-15-11/h11,15H,2-10H2,1H3,(H,18,19). The maximum atomic E-state index is 12.4. The minimum absolute atomic E-state index is 0.101. The van der Waals surface area contributed by atoms with E-state index < -0.39 is 11.4 Å². The zero-order chi connectivity index (χ0) is 14.6. The number of thioether (sulfide) groups is 1. The van der Waals surface area contributed by atoms with Crippen LogP contribution in [-0.4, -0.2) is 59.1 Å². The van der Waals surface area contributed by atoms with Gasteiger partial charge in [-0.2, -0.15) is 11.8 Å². The third kappa shape index (κ3) is 3.47. The maximum Gasteiger partial charge on any atom is 0.311 e. The summed E-state index contributed by atoms with van der Waals surface area (Å²) in [5.41, 5.74) is -0.733. The number of nitrogens with one attached hydrogen (secondary N) is 1. The zero-order valence-corrected chi connectivity index (χ0v) is 12.9. The fourth-order valence-electron chi connectivity index (χ4n) is 3.05. The number of carbonyl (C=O) groups is 2. The Labute approximate surface area is 124 Å². The van der Waals surface area contributed by atoms with Gasteiger partial charge in [-0.1, -0.05) is 6.92 Å². The predicted octanol–water partition coefficient (Wildman–Crippen LogP) is 1.18. The maximum absolute atomic E-state index is 12.4. The molecular weight excluding hydrogens is 276 g/mol. The van der Waals surface area contributed by atoms with E-state index in [9.17, 15) is 14.7 Å². The monoisotopic (exact) mass is 300 g/mol. The number of carbonyl (C=O) groups excluding carboxylic acids is 1. The van der Waals surface area contributed by atoms with Crippen LogP contribution in [0.5, 0.6) is 0 Å². The third-order valence-electron chi connectivity index (χ3n) is 4.48. The molecule has 0 bridgehead atoms. The van der Waals surface area contributed by atoms with Gasteiger partial charge in [0.2, 0.25) is 5.91 Å². The lowest BCUT2D eigenvalue weighted by Gasteiger charge is -2.40. The molecule has 2 saturated heterocycles. The SMILES string of the molecule is CCC1(C(=O)O)CCCN(C(=O)CC2CSCCN2)C1. The highest BCUT2D eigenvalue weighted by Gasteiger charge is 2.42. The van der Waals surface area contributed by atoms with Crippen molar-refractivity contribution < 1.29 is 14.7 Å². The van der Waals surface area contributed by atoms with Gasteiger partial charge < -0.3 is 15.3 Å². The fourth-order valence-corrected chi connectivity index (χ4v) is 4.00. The van der Waals surface area contributed by atoms with Gasteiger partial charge in [0.15, 0.2) is 0 Å². The number of hydrogen-bond donors (Lipinski definition) is 2. The zero-order valence-electron chi connectivity index (χ0n) is 12.1. The average molecular weight is 300 g/mol. The second-order valence-corrected chi connectivity index (χ2v) is 6.94. The van der Waals surface area contributed by atoms with Crippen molar-refractivity contribution in [2.45, 2.75) is 38.6 Å². The minimum Gasteiger partial charge on any atom is -0.481 e. The van der Waals surface area contributed by atoms with Crippen LogP contribution in [0.25, 0.3) is 0 Å². The van der Waals surface area contributed by atoms with E-state index in [1.54, 1.807) is 4.90 Å². The molecule has 6 heteroatoms. The number of rotatable bonds is 4. The first-order chi connectivity index (χ1) is 9.57. The summed E-state index contributed by atoms with van der Waals surface area (Å²) in [5, 5.41) is 12.8. The number of carboxylic acid groups (broad SMARTS) is 1. The molecule has 0 spiro atoms. The highest BCUT2D eigenvalue weighted by atomic mass is 32.2. The summed E-state index contributed by atoms with van der Waals surface area (Å²) >= 11 is 1.87. The molecule has 0 aromatic heterocycles. The molecule has 0 aromatic carbocycles. The first kappa shape index (κ1) is 15.6. The number of piperidine rings is 1. The molecule has 20 heavy (non-hydrogen) atoms. The minimum atomic E-state index is -0.760. The largest absolute Gasteiger partial charge is 0.481 e. The van der Waals surface area contributed by atoms with Crippen molar-refractivity contribution in [3.8, 4) is 0 Å². The number of nitrogens with zero attached hydrogens (tertiary/aromatic N) is 1. The molecule has 114 valence electrons. The van der Waals surface area contributed by atoms with E-state index in [2.05, 4.69) is 5.32 Å². The molecule has 2 rings (SSSR count). The van der Waals surface area contributed by atoms with E-state index in [1.807, 2.05) is 18.7 Å². The van der Waals surface area contributed by atoms with E-state index in [4.69, 9.17) is 0 Å². The Morgan fingerprint density at radius 1 is 1.50 bits per heavy atom. The number of amides is 1. The summed E-state index contributed by atoms with van der Waals surface area (Å²) in [5.74, 6) is 1.41. The number of carboxylic acids is 1. The first-order valence-electron chi connectivity index (χ1n) is 7.40. The molecule has 1 amide bonds. The summed E-state index contributed by atoms with van der Waals surface area (Å²) in [6, 6.07) is 0.240. The van der Waals surface area contributed by atoms with Crippen molar-refractivity contribution in [3.63, 3.8) is 0 Å². The van der Waals surface area contributed by atoms with E-state index in [0.717, 1.165) is 24.5 Å². The van der Waals surface area contributed by atoms with Crippen LogP contribution in [0.4, 0.5) is 0 Å². The van der Waals surface area contributed by atoms with E-state index in [-0.39, 0.29) is 11.9 Å². The molecule has 2 N–H and O–H groups in total. The summed E-state index contributed by atoms with van der Waals surface area (Å²) in [7, 11) is 0. The lowest BCUT2D eigenvalue weighted by atomic mass is 9.77. The summed E-state index contributed by atoms with van der Waals surface area (Å²) in [4.78, 5) is 25.7. The quantitative estimate of drug-likeness (QED) is 0.816. The molecular formula is C14H24N2O3S. The third-order valence-corrected chi connectivity index (χ3v) is 5.61. The predicted molar refractivity (Wildman–Crippen MR) is 79.9 cm³/mol. The van der Waals surface area contributed by atoms with Crippen LogP contribution in [0.15, 0.2) is 0 Å². The number of likely N-dealkylation sites (tertiary alicyclic amines) is 1. The highest BCUT2D eigenvalue weighted by Crippen LogP contribution is 2.34. The lowest BCUT2D eigenvalue weighted by molar-refractivity contribution is -0.155. The Hall–Kier alpha value is -0.750. The van der Waals surface area contributed by atoms with Gasteiger partial charge in [0.25, 0.3) is 0 Å². The van der Waals surface area contributed by atoms with E-state index in [1.165, 1.54) is 0 Å². The van der Waals surface area contributed by atoms with Gasteiger partial charge in [-0.3, -0.25) is 9.59 Å². The Balaban J connectivity index is 1.93. The van der Waals surface area contributed by atoms with Crippen LogP contribution < -0.4 is 5.32 Å². The van der Waals surface area contributed by atoms with Crippen molar-refractivity contribution in [3.05, 3.63) is 0 Å². The summed E-state index contributed by atoms with van der Waals surface area (Å²) in [6.45, 7) is 3.93. The van der Waals surface area contributed by atoms with Crippen LogP contribution in [0.2, 0.25) is 0 Å². The van der Waals surface area contributed by atoms with Crippen molar-refractivity contribution in [2.75, 3.05) is 31.1 Å². The van der Waals surface area contributed by atoms with E-state index in [0.29, 0.717) is 32.4 Å². The normalized spacial score (nSPS) is 31.1. The Morgan fingerprint density at radius 3 is 2.90 bits per heavy atom. The van der Waals surface area contributed by atoms with Crippen molar-refractivity contribution in [2.24, 2.45) is 5.41 Å². The van der Waals surface area contributed by atoms with Crippen molar-refractivity contribution in [1.82, 2.24) is 10.2 Å². The lowest BCUT2D eigenvalue weighted by Crippen LogP contribution is -2.51. The summed E-state index contributed by atoms with van der Waals surface area (Å²) < 4.78 is 0. The summed E-state index contributed by atoms with van der Waals surface area (Å²) in [6.07, 6.45) is 2.55. The molecule has 2 aliphatic rings. The molecule has 0 radical (unpaired) electrons. The molecule has 2 unspecified atom stereocenters. The van der Waals surface area contributed by atoms with Gasteiger partial charge in [-0.05, 0) is 19.3 Å². The second kappa shape index (κ2) is 6.80. The number of hydrogen-bond acceptors (Lipinski definition) is 4. The topological polar surface area (TPSA) is 69.6 Å². The van der Waals surface area contributed by atoms with E-state index >= 15 is 0 Å². The second-order valence-electron chi connectivity index (χ2n) is 5.79. The van der Waals surface area contributed by atoms with Gasteiger partial charge in [0, 0.05) is 43.6 Å². The van der Waals surface area contributed by atoms with Crippen LogP contribution in [-0.2, 0) is 9.59 Å². The van der Waals surface area contributed by atoms with Crippen LogP contribution in [0.3, 0.4) is 0 Å². The molecule has 2 atom stereocenters. The Morgan fingerprint density at radius 2 is 2.30 bits per heavy atom. The van der Waals surface area contributed by atoms with Gasteiger partial charge in [-0.25, -0.2) is 0 Å². The number of aliphatic carboxylic acids is 1. The average Bonchev–Trinajstić information content (AvgIpc) is 2.48. The molecule has 5 nitrogen and oxygen atoms in total. The molecule has 0 aliphatic carbocycles. The molecule has 2 fully saturated rings. The Bertz CT molecular complexity index is 371. The molecule has 0 saturated carbocycles.